The van der Waals surface area contributed by atoms with E-state index in [0.29, 0.717) is 25.3 Å². The Bertz CT molecular complexity index is 1090. The second kappa shape index (κ2) is 8.78. The van der Waals surface area contributed by atoms with Gasteiger partial charge < -0.3 is 14.8 Å². The monoisotopic (exact) mass is 401 g/mol. The largest absolute Gasteiger partial charge is 0.338 e. The maximum absolute atomic E-state index is 12.6. The van der Waals surface area contributed by atoms with Crippen LogP contribution in [-0.2, 0) is 22.7 Å². The Hall–Kier alpha value is -3.67. The van der Waals surface area contributed by atoms with Gasteiger partial charge in [0.1, 0.15) is 0 Å². The summed E-state index contributed by atoms with van der Waals surface area (Å²) in [5.74, 6) is -0.502. The maximum Gasteiger partial charge on any atom is 0.250 e. The number of pyridine rings is 1. The van der Waals surface area contributed by atoms with E-state index in [1.165, 1.54) is 6.07 Å². The fraction of sp³-hybridized carbons (Fsp3) is 0.208. The first-order valence-corrected chi connectivity index (χ1v) is 9.95. The van der Waals surface area contributed by atoms with Gasteiger partial charge in [-0.15, -0.1) is 0 Å². The van der Waals surface area contributed by atoms with Crippen molar-refractivity contribution in [3.63, 3.8) is 0 Å². The Labute approximate surface area is 174 Å². The summed E-state index contributed by atoms with van der Waals surface area (Å²) in [7, 11) is 0. The first-order chi connectivity index (χ1) is 14.6. The average molecular weight is 401 g/mol. The first kappa shape index (κ1) is 19.6. The van der Waals surface area contributed by atoms with E-state index in [2.05, 4.69) is 5.32 Å². The van der Waals surface area contributed by atoms with E-state index >= 15 is 0 Å². The van der Waals surface area contributed by atoms with Gasteiger partial charge >= 0.3 is 0 Å². The second-order valence-corrected chi connectivity index (χ2v) is 7.51. The number of amides is 2. The Balaban J connectivity index is 1.34. The standard InChI is InChI=1S/C24H23N3O3/c28-22-8-4-5-13-26(22)15-19-9-11-21(12-10-19)25-24(30)20-14-23(29)27(17-20)16-18-6-2-1-3-7-18/h1-13,20H,14-17H2,(H,25,30)/t20-/m1/s1. The van der Waals surface area contributed by atoms with Crippen LogP contribution in [0.4, 0.5) is 5.69 Å². The third-order valence-corrected chi connectivity index (χ3v) is 5.27. The van der Waals surface area contributed by atoms with Gasteiger partial charge in [0.2, 0.25) is 11.8 Å². The number of likely N-dealkylation sites (tertiary alicyclic amines) is 1. The minimum Gasteiger partial charge on any atom is -0.338 e. The quantitative estimate of drug-likeness (QED) is 0.690. The van der Waals surface area contributed by atoms with Crippen LogP contribution in [0.25, 0.3) is 0 Å². The van der Waals surface area contributed by atoms with Crippen molar-refractivity contribution in [1.82, 2.24) is 9.47 Å². The third-order valence-electron chi connectivity index (χ3n) is 5.27. The van der Waals surface area contributed by atoms with Gasteiger partial charge in [0.05, 0.1) is 12.5 Å². The van der Waals surface area contributed by atoms with Crippen molar-refractivity contribution in [3.05, 3.63) is 100 Å². The number of nitrogens with zero attached hydrogens (tertiary/aromatic N) is 2. The Morgan fingerprint density at radius 1 is 0.867 bits per heavy atom. The van der Waals surface area contributed by atoms with E-state index in [9.17, 15) is 14.4 Å². The summed E-state index contributed by atoms with van der Waals surface area (Å²) in [4.78, 5) is 38.5. The molecule has 3 aromatic rings. The third kappa shape index (κ3) is 4.66. The average Bonchev–Trinajstić information content (AvgIpc) is 3.12. The van der Waals surface area contributed by atoms with Gasteiger partial charge in [-0.2, -0.15) is 0 Å². The minimum atomic E-state index is -0.358. The molecule has 1 aromatic heterocycles. The summed E-state index contributed by atoms with van der Waals surface area (Å²) < 4.78 is 1.62. The molecule has 0 spiro atoms. The summed E-state index contributed by atoms with van der Waals surface area (Å²) in [5.41, 5.74) is 2.64. The topological polar surface area (TPSA) is 71.4 Å². The molecule has 152 valence electrons. The van der Waals surface area contributed by atoms with Crippen molar-refractivity contribution >= 4 is 17.5 Å². The molecule has 2 heterocycles. The molecule has 2 aromatic carbocycles. The van der Waals surface area contributed by atoms with Gasteiger partial charge in [-0.25, -0.2) is 0 Å². The molecule has 0 bridgehead atoms. The van der Waals surface area contributed by atoms with Gasteiger partial charge in [0.15, 0.2) is 0 Å². The molecule has 2 amide bonds. The molecule has 0 unspecified atom stereocenters. The van der Waals surface area contributed by atoms with Crippen LogP contribution in [0.5, 0.6) is 0 Å². The highest BCUT2D eigenvalue weighted by atomic mass is 16.2. The van der Waals surface area contributed by atoms with E-state index in [1.807, 2.05) is 60.7 Å². The fourth-order valence-corrected chi connectivity index (χ4v) is 3.63. The van der Waals surface area contributed by atoms with Crippen molar-refractivity contribution in [1.29, 1.82) is 0 Å². The van der Waals surface area contributed by atoms with Crippen LogP contribution < -0.4 is 10.9 Å². The Morgan fingerprint density at radius 2 is 1.57 bits per heavy atom. The van der Waals surface area contributed by atoms with Crippen LogP contribution in [-0.4, -0.2) is 27.8 Å². The molecule has 1 aliphatic rings. The Kier molecular flexibility index (Phi) is 5.75. The molecule has 0 radical (unpaired) electrons. The van der Waals surface area contributed by atoms with E-state index in [4.69, 9.17) is 0 Å². The molecule has 0 aliphatic carbocycles. The number of aromatic nitrogens is 1. The summed E-state index contributed by atoms with van der Waals surface area (Å²) in [5, 5.41) is 2.90. The second-order valence-electron chi connectivity index (χ2n) is 7.51. The van der Waals surface area contributed by atoms with Crippen LogP contribution in [0.3, 0.4) is 0 Å². The van der Waals surface area contributed by atoms with Gasteiger partial charge in [-0.1, -0.05) is 48.5 Å². The molecular formula is C24H23N3O3. The number of rotatable bonds is 6. The summed E-state index contributed by atoms with van der Waals surface area (Å²) >= 11 is 0. The number of carbonyl (C=O) groups excluding carboxylic acids is 2. The number of hydrogen-bond acceptors (Lipinski definition) is 3. The lowest BCUT2D eigenvalue weighted by atomic mass is 10.1. The molecular weight excluding hydrogens is 378 g/mol. The zero-order valence-electron chi connectivity index (χ0n) is 16.5. The number of carbonyl (C=O) groups is 2. The summed E-state index contributed by atoms with van der Waals surface area (Å²) in [6, 6.07) is 22.2. The molecule has 6 heteroatoms. The lowest BCUT2D eigenvalue weighted by Crippen LogP contribution is -2.28. The number of benzene rings is 2. The molecule has 1 saturated heterocycles. The van der Waals surface area contributed by atoms with E-state index in [-0.39, 0.29) is 29.7 Å². The van der Waals surface area contributed by atoms with Crippen LogP contribution in [0, 0.1) is 5.92 Å². The summed E-state index contributed by atoms with van der Waals surface area (Å²) in [6.07, 6.45) is 1.98. The molecule has 6 nitrogen and oxygen atoms in total. The molecule has 30 heavy (non-hydrogen) atoms. The predicted octanol–water partition coefficient (Wildman–Crippen LogP) is 2.88. The van der Waals surface area contributed by atoms with E-state index < -0.39 is 0 Å². The fourth-order valence-electron chi connectivity index (χ4n) is 3.63. The van der Waals surface area contributed by atoms with Gasteiger partial charge in [-0.3, -0.25) is 14.4 Å². The first-order valence-electron chi connectivity index (χ1n) is 9.95. The number of hydrogen-bond donors (Lipinski definition) is 1. The summed E-state index contributed by atoms with van der Waals surface area (Å²) in [6.45, 7) is 1.42. The van der Waals surface area contributed by atoms with Gasteiger partial charge in [0, 0.05) is 37.5 Å². The minimum absolute atomic E-state index is 0.00246. The zero-order valence-corrected chi connectivity index (χ0v) is 16.5. The lowest BCUT2D eigenvalue weighted by molar-refractivity contribution is -0.128. The molecule has 1 atom stereocenters. The maximum atomic E-state index is 12.6. The Morgan fingerprint density at radius 3 is 2.30 bits per heavy atom. The molecule has 1 aliphatic heterocycles. The van der Waals surface area contributed by atoms with E-state index in [0.717, 1.165) is 11.1 Å². The predicted molar refractivity (Wildman–Crippen MR) is 115 cm³/mol. The molecule has 1 fully saturated rings. The number of nitrogens with one attached hydrogen (secondary N) is 1. The van der Waals surface area contributed by atoms with Crippen LogP contribution in [0.2, 0.25) is 0 Å². The van der Waals surface area contributed by atoms with Crippen LogP contribution >= 0.6 is 0 Å². The highest BCUT2D eigenvalue weighted by Gasteiger charge is 2.34. The lowest BCUT2D eigenvalue weighted by Gasteiger charge is -2.16. The van der Waals surface area contributed by atoms with Crippen LogP contribution in [0.1, 0.15) is 17.5 Å². The van der Waals surface area contributed by atoms with Crippen molar-refractivity contribution in [2.45, 2.75) is 19.5 Å². The van der Waals surface area contributed by atoms with Crippen molar-refractivity contribution < 1.29 is 9.59 Å². The normalized spacial score (nSPS) is 15.9. The van der Waals surface area contributed by atoms with Crippen molar-refractivity contribution in [2.24, 2.45) is 5.92 Å². The smallest absolute Gasteiger partial charge is 0.250 e. The van der Waals surface area contributed by atoms with Crippen LogP contribution in [0.15, 0.2) is 83.8 Å². The highest BCUT2D eigenvalue weighted by Crippen LogP contribution is 2.22. The number of anilines is 1. The highest BCUT2D eigenvalue weighted by molar-refractivity contribution is 5.97. The zero-order chi connectivity index (χ0) is 20.9. The SMILES string of the molecule is O=C(Nc1ccc(Cn2ccccc2=O)cc1)[C@@H]1CC(=O)N(Cc2ccccc2)C1. The molecule has 4 rings (SSSR count). The van der Waals surface area contributed by atoms with Crippen molar-refractivity contribution in [3.8, 4) is 0 Å². The van der Waals surface area contributed by atoms with Crippen molar-refractivity contribution in [2.75, 3.05) is 11.9 Å². The van der Waals surface area contributed by atoms with E-state index in [1.54, 1.807) is 21.7 Å². The van der Waals surface area contributed by atoms with Gasteiger partial charge in [0.25, 0.3) is 5.56 Å². The molecule has 1 N–H and O–H groups in total. The molecule has 0 saturated carbocycles. The van der Waals surface area contributed by atoms with Gasteiger partial charge in [-0.05, 0) is 29.3 Å².